The highest BCUT2D eigenvalue weighted by Crippen LogP contribution is 2.22. The van der Waals surface area contributed by atoms with E-state index in [-0.39, 0.29) is 12.1 Å². The first-order chi connectivity index (χ1) is 14.7. The Kier molecular flexibility index (Phi) is 7.93. The number of hydrogen-bond acceptors (Lipinski definition) is 6. The first kappa shape index (κ1) is 25.6. The number of aromatic nitrogens is 2. The second-order valence-corrected chi connectivity index (χ2v) is 10.2. The third-order valence-corrected chi connectivity index (χ3v) is 4.99. The third kappa shape index (κ3) is 6.95. The van der Waals surface area contributed by atoms with Gasteiger partial charge < -0.3 is 14.4 Å². The lowest BCUT2D eigenvalue weighted by Crippen LogP contribution is -2.54. The van der Waals surface area contributed by atoms with Crippen molar-refractivity contribution in [2.75, 3.05) is 19.6 Å². The van der Waals surface area contributed by atoms with Crippen LogP contribution < -0.4 is 0 Å². The SMILES string of the molecule is C=CC=Cc1c(C)c(CN2CCN(C(=O)OC(C)(C)C)CC2C)nn1C(=O)OC(C)(C)C. The summed E-state index contributed by atoms with van der Waals surface area (Å²) < 4.78 is 12.4. The van der Waals surface area contributed by atoms with E-state index in [9.17, 15) is 9.59 Å². The maximum Gasteiger partial charge on any atom is 0.435 e. The van der Waals surface area contributed by atoms with Gasteiger partial charge in [-0.05, 0) is 67.0 Å². The summed E-state index contributed by atoms with van der Waals surface area (Å²) in [6.07, 6.45) is 4.44. The Morgan fingerprint density at radius 2 is 1.69 bits per heavy atom. The van der Waals surface area contributed by atoms with Crippen molar-refractivity contribution in [1.82, 2.24) is 19.6 Å². The molecule has 1 aromatic heterocycles. The minimum Gasteiger partial charge on any atom is -0.444 e. The molecule has 1 atom stereocenters. The zero-order chi connectivity index (χ0) is 24.3. The molecule has 0 radical (unpaired) electrons. The smallest absolute Gasteiger partial charge is 0.435 e. The molecule has 0 saturated carbocycles. The molecule has 0 N–H and O–H groups in total. The summed E-state index contributed by atoms with van der Waals surface area (Å²) in [6.45, 7) is 21.2. The average Bonchev–Trinajstić information content (AvgIpc) is 2.94. The lowest BCUT2D eigenvalue weighted by Gasteiger charge is -2.39. The van der Waals surface area contributed by atoms with Crippen LogP contribution in [0.5, 0.6) is 0 Å². The molecule has 1 aliphatic heterocycles. The number of hydrogen-bond donors (Lipinski definition) is 0. The molecule has 1 amide bonds. The zero-order valence-corrected chi connectivity index (χ0v) is 20.8. The van der Waals surface area contributed by atoms with Crippen molar-refractivity contribution < 1.29 is 19.1 Å². The van der Waals surface area contributed by atoms with Crippen LogP contribution in [0.15, 0.2) is 18.7 Å². The Labute approximate surface area is 191 Å². The van der Waals surface area contributed by atoms with Crippen LogP contribution >= 0.6 is 0 Å². The number of carbonyl (C=O) groups excluding carboxylic acids is 2. The summed E-state index contributed by atoms with van der Waals surface area (Å²) in [7, 11) is 0. The van der Waals surface area contributed by atoms with Crippen LogP contribution in [0.4, 0.5) is 9.59 Å². The van der Waals surface area contributed by atoms with Crippen molar-refractivity contribution in [3.63, 3.8) is 0 Å². The maximum absolute atomic E-state index is 12.7. The summed E-state index contributed by atoms with van der Waals surface area (Å²) >= 11 is 0. The van der Waals surface area contributed by atoms with Crippen molar-refractivity contribution in [3.8, 4) is 0 Å². The van der Waals surface area contributed by atoms with Crippen LogP contribution in [-0.4, -0.2) is 68.6 Å². The summed E-state index contributed by atoms with van der Waals surface area (Å²) in [5.41, 5.74) is 1.25. The highest BCUT2D eigenvalue weighted by molar-refractivity contribution is 5.74. The highest BCUT2D eigenvalue weighted by atomic mass is 16.6. The highest BCUT2D eigenvalue weighted by Gasteiger charge is 2.31. The average molecular weight is 447 g/mol. The van der Waals surface area contributed by atoms with Gasteiger partial charge in [0.1, 0.15) is 11.2 Å². The molecule has 1 aliphatic rings. The molecule has 0 spiro atoms. The molecule has 8 heteroatoms. The van der Waals surface area contributed by atoms with Crippen molar-refractivity contribution in [3.05, 3.63) is 35.7 Å². The maximum atomic E-state index is 12.7. The molecule has 8 nitrogen and oxygen atoms in total. The fraction of sp³-hybridized carbons (Fsp3) is 0.625. The molecule has 0 aromatic carbocycles. The Balaban J connectivity index is 2.19. The molecule has 2 rings (SSSR count). The van der Waals surface area contributed by atoms with Gasteiger partial charge in [-0.15, -0.1) is 0 Å². The summed E-state index contributed by atoms with van der Waals surface area (Å²) in [5.74, 6) is 0. The molecule has 1 aromatic rings. The second kappa shape index (κ2) is 9.90. The normalized spacial score (nSPS) is 18.1. The number of piperazine rings is 1. The van der Waals surface area contributed by atoms with E-state index in [4.69, 9.17) is 9.47 Å². The van der Waals surface area contributed by atoms with Gasteiger partial charge in [0.2, 0.25) is 0 Å². The zero-order valence-electron chi connectivity index (χ0n) is 20.8. The summed E-state index contributed by atoms with van der Waals surface area (Å²) in [5, 5.41) is 4.59. The Hall–Kier alpha value is -2.61. The first-order valence-corrected chi connectivity index (χ1v) is 11.0. The largest absolute Gasteiger partial charge is 0.444 e. The number of allylic oxidation sites excluding steroid dienone is 2. The molecule has 2 heterocycles. The van der Waals surface area contributed by atoms with Crippen LogP contribution in [0.1, 0.15) is 65.4 Å². The molecule has 0 bridgehead atoms. The van der Waals surface area contributed by atoms with Crippen LogP contribution in [0, 0.1) is 6.92 Å². The number of nitrogens with zero attached hydrogens (tertiary/aromatic N) is 4. The van der Waals surface area contributed by atoms with Gasteiger partial charge in [0, 0.05) is 32.2 Å². The predicted molar refractivity (Wildman–Crippen MR) is 126 cm³/mol. The van der Waals surface area contributed by atoms with E-state index in [1.807, 2.05) is 54.5 Å². The Bertz CT molecular complexity index is 874. The van der Waals surface area contributed by atoms with Crippen molar-refractivity contribution >= 4 is 18.3 Å². The first-order valence-electron chi connectivity index (χ1n) is 11.0. The predicted octanol–water partition coefficient (Wildman–Crippen LogP) is 4.62. The third-order valence-electron chi connectivity index (χ3n) is 4.99. The molecule has 1 unspecified atom stereocenters. The van der Waals surface area contributed by atoms with Gasteiger partial charge in [-0.2, -0.15) is 9.78 Å². The minimum atomic E-state index is -0.622. The lowest BCUT2D eigenvalue weighted by atomic mass is 10.1. The number of rotatable bonds is 4. The minimum absolute atomic E-state index is 0.120. The summed E-state index contributed by atoms with van der Waals surface area (Å²) in [4.78, 5) is 29.2. The van der Waals surface area contributed by atoms with Crippen LogP contribution in [-0.2, 0) is 16.0 Å². The fourth-order valence-electron chi connectivity index (χ4n) is 3.42. The van der Waals surface area contributed by atoms with E-state index < -0.39 is 17.3 Å². The van der Waals surface area contributed by atoms with E-state index in [1.165, 1.54) is 4.68 Å². The van der Waals surface area contributed by atoms with Crippen molar-refractivity contribution in [2.24, 2.45) is 0 Å². The number of ether oxygens (including phenoxy) is 2. The Morgan fingerprint density at radius 3 is 2.22 bits per heavy atom. The monoisotopic (exact) mass is 446 g/mol. The van der Waals surface area contributed by atoms with Gasteiger partial charge in [-0.3, -0.25) is 4.90 Å². The van der Waals surface area contributed by atoms with Crippen molar-refractivity contribution in [2.45, 2.75) is 79.2 Å². The van der Waals surface area contributed by atoms with Gasteiger partial charge in [-0.1, -0.05) is 18.7 Å². The summed E-state index contributed by atoms with van der Waals surface area (Å²) in [6, 6.07) is 0.120. The van der Waals surface area contributed by atoms with Crippen LogP contribution in [0.3, 0.4) is 0 Å². The standard InChI is InChI=1S/C24H38N4O4/c1-10-11-12-20-18(3)19(25-28(20)22(30)32-24(7,8)9)16-26-13-14-27(15-17(26)2)21(29)31-23(4,5)6/h10-12,17H,1,13-16H2,2-9H3. The molecule has 1 saturated heterocycles. The van der Waals surface area contributed by atoms with E-state index >= 15 is 0 Å². The molecule has 178 valence electrons. The van der Waals surface area contributed by atoms with Gasteiger partial charge in [0.05, 0.1) is 11.4 Å². The number of amides is 1. The van der Waals surface area contributed by atoms with Gasteiger partial charge in [0.15, 0.2) is 0 Å². The quantitative estimate of drug-likeness (QED) is 0.629. The number of carbonyl (C=O) groups is 2. The van der Waals surface area contributed by atoms with Crippen molar-refractivity contribution in [1.29, 1.82) is 0 Å². The molecular weight excluding hydrogens is 408 g/mol. The molecular formula is C24H38N4O4. The van der Waals surface area contributed by atoms with Gasteiger partial charge >= 0.3 is 12.2 Å². The van der Waals surface area contributed by atoms with E-state index in [1.54, 1.807) is 17.1 Å². The Morgan fingerprint density at radius 1 is 1.09 bits per heavy atom. The second-order valence-electron chi connectivity index (χ2n) is 10.2. The fourth-order valence-corrected chi connectivity index (χ4v) is 3.42. The van der Waals surface area contributed by atoms with Crippen LogP contribution in [0.2, 0.25) is 0 Å². The molecule has 0 aliphatic carbocycles. The van der Waals surface area contributed by atoms with Gasteiger partial charge in [0.25, 0.3) is 0 Å². The molecule has 32 heavy (non-hydrogen) atoms. The lowest BCUT2D eigenvalue weighted by molar-refractivity contribution is 0.00431. The van der Waals surface area contributed by atoms with Crippen LogP contribution in [0.25, 0.3) is 6.08 Å². The molecule has 1 fully saturated rings. The van der Waals surface area contributed by atoms with E-state index in [0.717, 1.165) is 11.3 Å². The van der Waals surface area contributed by atoms with E-state index in [2.05, 4.69) is 23.5 Å². The van der Waals surface area contributed by atoms with Gasteiger partial charge in [-0.25, -0.2) is 9.59 Å². The van der Waals surface area contributed by atoms with E-state index in [0.29, 0.717) is 31.9 Å². The topological polar surface area (TPSA) is 76.9 Å².